The number of aromatic nitrogens is 2. The Morgan fingerprint density at radius 2 is 1.81 bits per heavy atom. The number of amides is 1. The number of hydrogen-bond donors (Lipinski definition) is 0. The van der Waals surface area contributed by atoms with E-state index in [0.29, 0.717) is 25.3 Å². The van der Waals surface area contributed by atoms with Crippen molar-refractivity contribution in [2.45, 2.75) is 19.8 Å². The van der Waals surface area contributed by atoms with Gasteiger partial charge in [0.2, 0.25) is 0 Å². The third-order valence-electron chi connectivity index (χ3n) is 5.60. The minimum atomic E-state index is -0.813. The molecule has 0 aliphatic carbocycles. The number of piperidine rings is 1. The summed E-state index contributed by atoms with van der Waals surface area (Å²) in [7, 11) is 0. The Kier molecular flexibility index (Phi) is 6.30. The van der Waals surface area contributed by atoms with Gasteiger partial charge in [0.05, 0.1) is 23.8 Å². The smallest absolute Gasteiger partial charge is 0.309 e. The van der Waals surface area contributed by atoms with Gasteiger partial charge in [0.15, 0.2) is 0 Å². The van der Waals surface area contributed by atoms with Crippen LogP contribution in [-0.2, 0) is 9.53 Å². The number of hydrogen-bond acceptors (Lipinski definition) is 4. The molecular weight excluding hydrogens is 416 g/mol. The van der Waals surface area contributed by atoms with E-state index < -0.39 is 17.5 Å². The van der Waals surface area contributed by atoms with Crippen molar-refractivity contribution in [2.24, 2.45) is 5.92 Å². The lowest BCUT2D eigenvalue weighted by molar-refractivity contribution is -0.149. The van der Waals surface area contributed by atoms with Crippen LogP contribution in [0.5, 0.6) is 0 Å². The summed E-state index contributed by atoms with van der Waals surface area (Å²) in [5.41, 5.74) is 0.389. The molecule has 0 bridgehead atoms. The molecule has 2 heterocycles. The third kappa shape index (κ3) is 4.26. The van der Waals surface area contributed by atoms with Crippen LogP contribution >= 0.6 is 0 Å². The number of carbonyl (C=O) groups is 2. The van der Waals surface area contributed by atoms with Crippen LogP contribution in [0.1, 0.15) is 30.1 Å². The molecule has 0 unspecified atom stereocenters. The van der Waals surface area contributed by atoms with E-state index in [0.717, 1.165) is 17.7 Å². The Labute approximate surface area is 184 Å². The number of carbonyl (C=O) groups excluding carboxylic acids is 2. The van der Waals surface area contributed by atoms with Gasteiger partial charge in [-0.05, 0) is 25.8 Å². The van der Waals surface area contributed by atoms with Gasteiger partial charge in [-0.15, -0.1) is 0 Å². The first kappa shape index (κ1) is 21.7. The second kappa shape index (κ2) is 9.30. The number of benzene rings is 2. The fourth-order valence-electron chi connectivity index (χ4n) is 3.93. The minimum absolute atomic E-state index is 0.0311. The number of ether oxygens (including phenoxy) is 1. The van der Waals surface area contributed by atoms with Crippen molar-refractivity contribution in [3.8, 4) is 17.1 Å². The lowest BCUT2D eigenvalue weighted by atomic mass is 9.96. The van der Waals surface area contributed by atoms with E-state index in [1.165, 1.54) is 15.7 Å². The summed E-state index contributed by atoms with van der Waals surface area (Å²) < 4.78 is 36.4. The van der Waals surface area contributed by atoms with Gasteiger partial charge in [-0.3, -0.25) is 14.2 Å². The molecule has 4 rings (SSSR count). The molecule has 0 radical (unpaired) electrons. The molecular formula is C24H23F2N3O3. The van der Waals surface area contributed by atoms with Crippen molar-refractivity contribution < 1.29 is 23.1 Å². The van der Waals surface area contributed by atoms with Crippen molar-refractivity contribution in [3.05, 3.63) is 72.1 Å². The van der Waals surface area contributed by atoms with Gasteiger partial charge in [-0.1, -0.05) is 30.3 Å². The molecule has 1 fully saturated rings. The molecule has 1 amide bonds. The molecule has 8 heteroatoms. The van der Waals surface area contributed by atoms with Crippen LogP contribution in [0.2, 0.25) is 0 Å². The molecule has 2 aromatic carbocycles. The quantitative estimate of drug-likeness (QED) is 0.558. The number of nitrogens with zero attached hydrogens (tertiary/aromatic N) is 3. The van der Waals surface area contributed by atoms with Gasteiger partial charge < -0.3 is 9.64 Å². The van der Waals surface area contributed by atoms with Crippen LogP contribution in [0.25, 0.3) is 17.1 Å². The number of imidazole rings is 1. The van der Waals surface area contributed by atoms with Crippen LogP contribution in [-0.4, -0.2) is 46.0 Å². The normalized spacial score (nSPS) is 14.4. The highest BCUT2D eigenvalue weighted by Crippen LogP contribution is 2.27. The van der Waals surface area contributed by atoms with Crippen molar-refractivity contribution in [1.82, 2.24) is 14.5 Å². The number of esters is 1. The molecule has 0 saturated carbocycles. The highest BCUT2D eigenvalue weighted by Gasteiger charge is 2.30. The largest absolute Gasteiger partial charge is 0.466 e. The van der Waals surface area contributed by atoms with Gasteiger partial charge in [0, 0.05) is 37.1 Å². The highest BCUT2D eigenvalue weighted by atomic mass is 19.1. The van der Waals surface area contributed by atoms with Crippen molar-refractivity contribution in [3.63, 3.8) is 0 Å². The van der Waals surface area contributed by atoms with Crippen LogP contribution < -0.4 is 0 Å². The summed E-state index contributed by atoms with van der Waals surface area (Å²) in [6.45, 7) is 2.61. The molecule has 1 saturated heterocycles. The van der Waals surface area contributed by atoms with Crippen molar-refractivity contribution in [1.29, 1.82) is 0 Å². The molecule has 1 aromatic heterocycles. The average molecular weight is 439 g/mol. The predicted octanol–water partition coefficient (Wildman–Crippen LogP) is 4.23. The summed E-state index contributed by atoms with van der Waals surface area (Å²) in [5, 5.41) is 0. The number of likely N-dealkylation sites (tertiary alicyclic amines) is 1. The lowest BCUT2D eigenvalue weighted by Gasteiger charge is -2.31. The number of halogens is 2. The molecule has 1 aliphatic heterocycles. The van der Waals surface area contributed by atoms with Crippen LogP contribution in [0.4, 0.5) is 8.78 Å². The lowest BCUT2D eigenvalue weighted by Crippen LogP contribution is -2.41. The summed E-state index contributed by atoms with van der Waals surface area (Å²) in [6.07, 6.45) is 3.92. The second-order valence-corrected chi connectivity index (χ2v) is 7.59. The summed E-state index contributed by atoms with van der Waals surface area (Å²) in [4.78, 5) is 30.4. The topological polar surface area (TPSA) is 64.4 Å². The van der Waals surface area contributed by atoms with Crippen LogP contribution in [0.3, 0.4) is 0 Å². The van der Waals surface area contributed by atoms with Gasteiger partial charge >= 0.3 is 5.97 Å². The maximum absolute atomic E-state index is 15.0. The first-order valence-corrected chi connectivity index (χ1v) is 10.5. The van der Waals surface area contributed by atoms with Gasteiger partial charge in [-0.2, -0.15) is 0 Å². The van der Waals surface area contributed by atoms with Crippen molar-refractivity contribution in [2.75, 3.05) is 19.7 Å². The molecule has 0 N–H and O–H groups in total. The SMILES string of the molecule is CCOC(=O)C1CCN(C(=O)c2cc(F)c(-n3ccnc3-c3ccccc3)cc2F)CC1. The fraction of sp³-hybridized carbons (Fsp3) is 0.292. The second-order valence-electron chi connectivity index (χ2n) is 7.59. The summed E-state index contributed by atoms with van der Waals surface area (Å²) >= 11 is 0. The molecule has 0 atom stereocenters. The minimum Gasteiger partial charge on any atom is -0.466 e. The van der Waals surface area contributed by atoms with E-state index in [-0.39, 0.29) is 36.2 Å². The zero-order chi connectivity index (χ0) is 22.7. The van der Waals surface area contributed by atoms with Gasteiger partial charge in [0.25, 0.3) is 5.91 Å². The van der Waals surface area contributed by atoms with E-state index in [2.05, 4.69) is 4.98 Å². The maximum atomic E-state index is 15.0. The van der Waals surface area contributed by atoms with Crippen molar-refractivity contribution >= 4 is 11.9 Å². The standard InChI is InChI=1S/C24H23F2N3O3/c1-2-32-24(31)17-8-11-28(12-9-17)23(30)18-14-20(26)21(15-19(18)25)29-13-10-27-22(29)16-6-4-3-5-7-16/h3-7,10,13-15,17H,2,8-9,11-12H2,1H3. The molecule has 1 aliphatic rings. The molecule has 32 heavy (non-hydrogen) atoms. The van der Waals surface area contributed by atoms with Crippen LogP contribution in [0, 0.1) is 17.6 Å². The molecule has 3 aromatic rings. The van der Waals surface area contributed by atoms with E-state index in [1.54, 1.807) is 13.1 Å². The highest BCUT2D eigenvalue weighted by molar-refractivity contribution is 5.95. The Balaban J connectivity index is 1.55. The summed E-state index contributed by atoms with van der Waals surface area (Å²) in [5.74, 6) is -2.23. The monoisotopic (exact) mass is 439 g/mol. The maximum Gasteiger partial charge on any atom is 0.309 e. The van der Waals surface area contributed by atoms with E-state index in [4.69, 9.17) is 4.74 Å². The first-order valence-electron chi connectivity index (χ1n) is 10.5. The predicted molar refractivity (Wildman–Crippen MR) is 114 cm³/mol. The first-order chi connectivity index (χ1) is 15.5. The Bertz CT molecular complexity index is 1120. The zero-order valence-electron chi connectivity index (χ0n) is 17.6. The van der Waals surface area contributed by atoms with E-state index in [1.807, 2.05) is 30.3 Å². The van der Waals surface area contributed by atoms with Crippen LogP contribution in [0.15, 0.2) is 54.9 Å². The Morgan fingerprint density at radius 3 is 2.50 bits per heavy atom. The number of rotatable bonds is 5. The third-order valence-corrected chi connectivity index (χ3v) is 5.60. The average Bonchev–Trinajstić information content (AvgIpc) is 3.30. The molecule has 166 valence electrons. The van der Waals surface area contributed by atoms with E-state index >= 15 is 4.39 Å². The fourth-order valence-corrected chi connectivity index (χ4v) is 3.93. The van der Waals surface area contributed by atoms with Gasteiger partial charge in [0.1, 0.15) is 17.5 Å². The molecule has 0 spiro atoms. The molecule has 6 nitrogen and oxygen atoms in total. The van der Waals surface area contributed by atoms with Gasteiger partial charge in [-0.25, -0.2) is 13.8 Å². The van der Waals surface area contributed by atoms with E-state index in [9.17, 15) is 14.0 Å². The Hall–Kier alpha value is -3.55. The Morgan fingerprint density at radius 1 is 1.09 bits per heavy atom. The summed E-state index contributed by atoms with van der Waals surface area (Å²) in [6, 6.07) is 11.1. The zero-order valence-corrected chi connectivity index (χ0v) is 17.6.